The molecule has 0 bridgehead atoms. The molecule has 0 unspecified atom stereocenters. The van der Waals surface area contributed by atoms with Crippen molar-refractivity contribution in [3.8, 4) is 5.75 Å². The van der Waals surface area contributed by atoms with Crippen molar-refractivity contribution in [1.82, 2.24) is 9.80 Å². The minimum Gasteiger partial charge on any atom is -0.489 e. The maximum atomic E-state index is 12.7. The van der Waals surface area contributed by atoms with Gasteiger partial charge in [0.2, 0.25) is 0 Å². The zero-order chi connectivity index (χ0) is 20.6. The quantitative estimate of drug-likeness (QED) is 0.529. The molecule has 154 valence electrons. The van der Waals surface area contributed by atoms with Crippen molar-refractivity contribution >= 4 is 5.78 Å². The highest BCUT2D eigenvalue weighted by molar-refractivity contribution is 5.97. The number of carbonyl (C=O) groups excluding carboxylic acids is 1. The Morgan fingerprint density at radius 1 is 0.700 bits per heavy atom. The summed E-state index contributed by atoms with van der Waals surface area (Å²) in [6, 6.07) is 28.1. The summed E-state index contributed by atoms with van der Waals surface area (Å²) in [5.41, 5.74) is 3.22. The highest BCUT2D eigenvalue weighted by Crippen LogP contribution is 2.16. The van der Waals surface area contributed by atoms with Gasteiger partial charge in [0.15, 0.2) is 5.78 Å². The lowest BCUT2D eigenvalue weighted by Gasteiger charge is -2.34. The molecule has 1 heterocycles. The van der Waals surface area contributed by atoms with Crippen LogP contribution >= 0.6 is 0 Å². The molecule has 0 amide bonds. The fourth-order valence-electron chi connectivity index (χ4n) is 3.72. The van der Waals surface area contributed by atoms with Crippen LogP contribution in [0, 0.1) is 0 Å². The van der Waals surface area contributed by atoms with Crippen LogP contribution in [0.5, 0.6) is 5.75 Å². The lowest BCUT2D eigenvalue weighted by Crippen LogP contribution is -2.47. The number of Topliss-reactive ketones (excluding diaryl/α,β-unsaturated/α-hetero) is 1. The van der Waals surface area contributed by atoms with Crippen molar-refractivity contribution in [1.29, 1.82) is 0 Å². The van der Waals surface area contributed by atoms with Crippen LogP contribution in [0.25, 0.3) is 0 Å². The standard InChI is InChI=1S/C26H28N2O2/c29-26(20-28-17-15-27(16-18-28)19-22-7-3-1-4-8-22)24-11-13-25(14-12-24)30-21-23-9-5-2-6-10-23/h1-14H,15-21H2. The molecule has 4 rings (SSSR count). The predicted molar refractivity (Wildman–Crippen MR) is 120 cm³/mol. The van der Waals surface area contributed by atoms with Crippen LogP contribution in [0.3, 0.4) is 0 Å². The second-order valence-corrected chi connectivity index (χ2v) is 7.76. The number of benzene rings is 3. The lowest BCUT2D eigenvalue weighted by atomic mass is 10.1. The zero-order valence-corrected chi connectivity index (χ0v) is 17.2. The Labute approximate surface area is 178 Å². The molecule has 3 aromatic rings. The molecule has 0 radical (unpaired) electrons. The number of carbonyl (C=O) groups is 1. The van der Waals surface area contributed by atoms with E-state index in [2.05, 4.69) is 40.1 Å². The van der Waals surface area contributed by atoms with E-state index in [-0.39, 0.29) is 5.78 Å². The molecule has 1 saturated heterocycles. The van der Waals surface area contributed by atoms with Gasteiger partial charge in [-0.05, 0) is 35.4 Å². The third-order valence-corrected chi connectivity index (χ3v) is 5.51. The first-order chi connectivity index (χ1) is 14.8. The Balaban J connectivity index is 1.22. The van der Waals surface area contributed by atoms with Crippen molar-refractivity contribution in [2.24, 2.45) is 0 Å². The van der Waals surface area contributed by atoms with Crippen molar-refractivity contribution in [3.05, 3.63) is 102 Å². The average Bonchev–Trinajstić information content (AvgIpc) is 2.81. The van der Waals surface area contributed by atoms with Crippen molar-refractivity contribution in [2.45, 2.75) is 13.2 Å². The van der Waals surface area contributed by atoms with E-state index in [1.165, 1.54) is 5.56 Å². The number of ether oxygens (including phenoxy) is 1. The molecule has 3 aromatic carbocycles. The summed E-state index contributed by atoms with van der Waals surface area (Å²) < 4.78 is 5.81. The molecule has 4 nitrogen and oxygen atoms in total. The Morgan fingerprint density at radius 3 is 1.90 bits per heavy atom. The minimum atomic E-state index is 0.168. The normalized spacial score (nSPS) is 15.1. The van der Waals surface area contributed by atoms with Crippen LogP contribution in [0.2, 0.25) is 0 Å². The van der Waals surface area contributed by atoms with Gasteiger partial charge < -0.3 is 4.74 Å². The van der Waals surface area contributed by atoms with Crippen LogP contribution in [-0.4, -0.2) is 48.3 Å². The largest absolute Gasteiger partial charge is 0.489 e. The maximum Gasteiger partial charge on any atom is 0.176 e. The summed E-state index contributed by atoms with van der Waals surface area (Å²) in [6.07, 6.45) is 0. The number of nitrogens with zero attached hydrogens (tertiary/aromatic N) is 2. The number of hydrogen-bond donors (Lipinski definition) is 0. The first kappa shape index (κ1) is 20.3. The average molecular weight is 401 g/mol. The van der Waals surface area contributed by atoms with Crippen molar-refractivity contribution < 1.29 is 9.53 Å². The molecule has 30 heavy (non-hydrogen) atoms. The van der Waals surface area contributed by atoms with E-state index in [0.717, 1.165) is 49.6 Å². The third kappa shape index (κ3) is 5.78. The van der Waals surface area contributed by atoms with E-state index in [1.54, 1.807) is 0 Å². The van der Waals surface area contributed by atoms with E-state index in [0.29, 0.717) is 13.2 Å². The number of hydrogen-bond acceptors (Lipinski definition) is 4. The Bertz CT molecular complexity index is 918. The molecule has 0 saturated carbocycles. The molecule has 0 spiro atoms. The van der Waals surface area contributed by atoms with E-state index in [1.807, 2.05) is 54.6 Å². The van der Waals surface area contributed by atoms with Gasteiger partial charge in [-0.2, -0.15) is 0 Å². The van der Waals surface area contributed by atoms with Gasteiger partial charge >= 0.3 is 0 Å². The van der Waals surface area contributed by atoms with Gasteiger partial charge in [-0.3, -0.25) is 14.6 Å². The highest BCUT2D eigenvalue weighted by atomic mass is 16.5. The third-order valence-electron chi connectivity index (χ3n) is 5.51. The zero-order valence-electron chi connectivity index (χ0n) is 17.2. The number of ketones is 1. The van der Waals surface area contributed by atoms with E-state index in [9.17, 15) is 4.79 Å². The fourth-order valence-corrected chi connectivity index (χ4v) is 3.72. The van der Waals surface area contributed by atoms with Crippen LogP contribution < -0.4 is 4.74 Å². The first-order valence-electron chi connectivity index (χ1n) is 10.5. The highest BCUT2D eigenvalue weighted by Gasteiger charge is 2.19. The lowest BCUT2D eigenvalue weighted by molar-refractivity contribution is 0.0843. The first-order valence-corrected chi connectivity index (χ1v) is 10.5. The van der Waals surface area contributed by atoms with Gasteiger partial charge in [0, 0.05) is 38.3 Å². The summed E-state index contributed by atoms with van der Waals surface area (Å²) in [7, 11) is 0. The minimum absolute atomic E-state index is 0.168. The van der Waals surface area contributed by atoms with Crippen LogP contribution in [-0.2, 0) is 13.2 Å². The van der Waals surface area contributed by atoms with Gasteiger partial charge in [-0.25, -0.2) is 0 Å². The molecule has 0 aliphatic carbocycles. The Morgan fingerprint density at radius 2 is 1.27 bits per heavy atom. The van der Waals surface area contributed by atoms with Gasteiger partial charge in [-0.1, -0.05) is 60.7 Å². The van der Waals surface area contributed by atoms with Crippen molar-refractivity contribution in [2.75, 3.05) is 32.7 Å². The summed E-state index contributed by atoms with van der Waals surface area (Å²) in [4.78, 5) is 17.4. The number of rotatable bonds is 8. The SMILES string of the molecule is O=C(CN1CCN(Cc2ccccc2)CC1)c1ccc(OCc2ccccc2)cc1. The smallest absolute Gasteiger partial charge is 0.176 e. The van der Waals surface area contributed by atoms with Gasteiger partial charge in [0.25, 0.3) is 0 Å². The molecule has 4 heteroatoms. The van der Waals surface area contributed by atoms with Gasteiger partial charge in [0.05, 0.1) is 6.54 Å². The van der Waals surface area contributed by atoms with Crippen LogP contribution in [0.4, 0.5) is 0 Å². The molecular weight excluding hydrogens is 372 g/mol. The summed E-state index contributed by atoms with van der Waals surface area (Å²) >= 11 is 0. The second kappa shape index (κ2) is 10.2. The molecular formula is C26H28N2O2. The van der Waals surface area contributed by atoms with Gasteiger partial charge in [-0.15, -0.1) is 0 Å². The molecule has 1 aliphatic heterocycles. The summed E-state index contributed by atoms with van der Waals surface area (Å²) in [6.45, 7) is 5.83. The predicted octanol–water partition coefficient (Wildman–Crippen LogP) is 4.27. The summed E-state index contributed by atoms with van der Waals surface area (Å²) in [5, 5.41) is 0. The molecule has 0 aromatic heterocycles. The molecule has 1 aliphatic rings. The Hall–Kier alpha value is -2.95. The molecule has 0 atom stereocenters. The molecule has 0 N–H and O–H groups in total. The fraction of sp³-hybridized carbons (Fsp3) is 0.269. The van der Waals surface area contributed by atoms with Gasteiger partial charge in [0.1, 0.15) is 12.4 Å². The molecule has 1 fully saturated rings. The van der Waals surface area contributed by atoms with E-state index in [4.69, 9.17) is 4.74 Å². The summed E-state index contributed by atoms with van der Waals surface area (Å²) in [5.74, 6) is 0.950. The van der Waals surface area contributed by atoms with E-state index >= 15 is 0 Å². The van der Waals surface area contributed by atoms with E-state index < -0.39 is 0 Å². The topological polar surface area (TPSA) is 32.8 Å². The van der Waals surface area contributed by atoms with Crippen LogP contribution in [0.15, 0.2) is 84.9 Å². The monoisotopic (exact) mass is 400 g/mol. The van der Waals surface area contributed by atoms with Crippen molar-refractivity contribution in [3.63, 3.8) is 0 Å². The van der Waals surface area contributed by atoms with Crippen LogP contribution in [0.1, 0.15) is 21.5 Å². The Kier molecular flexibility index (Phi) is 6.91. The maximum absolute atomic E-state index is 12.7. The number of piperazine rings is 1. The second-order valence-electron chi connectivity index (χ2n) is 7.76.